The van der Waals surface area contributed by atoms with Crippen LogP contribution in [0, 0.1) is 5.92 Å². The van der Waals surface area contributed by atoms with E-state index >= 15 is 0 Å². The third-order valence-electron chi connectivity index (χ3n) is 3.25. The van der Waals surface area contributed by atoms with Crippen LogP contribution in [0.2, 0.25) is 0 Å². The smallest absolute Gasteiger partial charge is 0.287 e. The molecule has 2 amide bonds. The van der Waals surface area contributed by atoms with Crippen LogP contribution in [0.5, 0.6) is 0 Å². The summed E-state index contributed by atoms with van der Waals surface area (Å²) in [4.78, 5) is 45.7. The predicted molar refractivity (Wildman–Crippen MR) is 82.0 cm³/mol. The molecule has 1 rings (SSSR count). The van der Waals surface area contributed by atoms with Crippen LogP contribution in [0.1, 0.15) is 25.7 Å². The number of hydrogen-bond acceptors (Lipinski definition) is 7. The first kappa shape index (κ1) is 18.2. The summed E-state index contributed by atoms with van der Waals surface area (Å²) < 4.78 is 0. The summed E-state index contributed by atoms with van der Waals surface area (Å²) in [6.07, 6.45) is 2.24. The molecule has 6 N–H and O–H groups in total. The van der Waals surface area contributed by atoms with Crippen molar-refractivity contribution in [3.8, 4) is 0 Å². The Kier molecular flexibility index (Phi) is 7.06. The number of likely N-dealkylation sites (N-methyl/N-ethyl adjacent to an activating group) is 1. The van der Waals surface area contributed by atoms with Gasteiger partial charge in [-0.2, -0.15) is 0 Å². The Morgan fingerprint density at radius 2 is 1.95 bits per heavy atom. The Morgan fingerprint density at radius 3 is 2.41 bits per heavy atom. The molecule has 0 heterocycles. The van der Waals surface area contributed by atoms with E-state index in [1.54, 1.807) is 0 Å². The number of allylic oxidation sites excluding steroid dienone is 1. The molecule has 0 aromatic heterocycles. The van der Waals surface area contributed by atoms with Crippen LogP contribution in [0.15, 0.2) is 10.6 Å². The summed E-state index contributed by atoms with van der Waals surface area (Å²) in [5.41, 5.74) is 6.28. The van der Waals surface area contributed by atoms with Crippen molar-refractivity contribution in [3.05, 3.63) is 10.6 Å². The molecule has 8 nitrogen and oxygen atoms in total. The lowest BCUT2D eigenvalue weighted by atomic mass is 10.1. The fourth-order valence-electron chi connectivity index (χ4n) is 1.78. The highest BCUT2D eigenvalue weighted by molar-refractivity contribution is 8.01. The van der Waals surface area contributed by atoms with Gasteiger partial charge in [-0.3, -0.25) is 19.5 Å². The normalized spacial score (nSPS) is 16.3. The van der Waals surface area contributed by atoms with Gasteiger partial charge in [0.1, 0.15) is 11.2 Å². The molecule has 9 heteroatoms. The molecule has 122 valence electrons. The van der Waals surface area contributed by atoms with Gasteiger partial charge in [0, 0.05) is 19.2 Å². The number of rotatable bonds is 9. The van der Waals surface area contributed by atoms with Gasteiger partial charge in [-0.25, -0.2) is 0 Å². The van der Waals surface area contributed by atoms with Crippen molar-refractivity contribution in [2.24, 2.45) is 16.8 Å². The van der Waals surface area contributed by atoms with Crippen molar-refractivity contribution in [2.75, 3.05) is 7.05 Å². The average Bonchev–Trinajstić information content (AvgIpc) is 3.35. The summed E-state index contributed by atoms with van der Waals surface area (Å²) in [6, 6.07) is -0.879. The number of amides is 2. The van der Waals surface area contributed by atoms with Gasteiger partial charge in [-0.05, 0) is 37.1 Å². The van der Waals surface area contributed by atoms with E-state index in [1.165, 1.54) is 7.05 Å². The van der Waals surface area contributed by atoms with E-state index in [0.717, 1.165) is 24.8 Å². The van der Waals surface area contributed by atoms with Gasteiger partial charge in [-0.1, -0.05) is 0 Å². The Bertz CT molecular complexity index is 502. The topological polar surface area (TPSA) is 144 Å². The molecule has 1 saturated carbocycles. The number of hydrogen-bond donors (Lipinski definition) is 4. The lowest BCUT2D eigenvalue weighted by Crippen LogP contribution is -2.38. The minimum absolute atomic E-state index is 0.0351. The van der Waals surface area contributed by atoms with Crippen LogP contribution in [0.3, 0.4) is 0 Å². The van der Waals surface area contributed by atoms with Crippen LogP contribution < -0.4 is 21.5 Å². The molecule has 0 aromatic carbocycles. The van der Waals surface area contributed by atoms with Gasteiger partial charge >= 0.3 is 0 Å². The van der Waals surface area contributed by atoms with Crippen LogP contribution in [0.25, 0.3) is 0 Å². The number of carbonyl (C=O) groups excluding carboxylic acids is 4. The van der Waals surface area contributed by atoms with E-state index in [9.17, 15) is 19.2 Å². The molecular formula is C13H20N4O4S. The Labute approximate surface area is 132 Å². The predicted octanol–water partition coefficient (Wildman–Crippen LogP) is -1.05. The Balaban J connectivity index is 2.59. The largest absolute Gasteiger partial charge is 0.401 e. The maximum absolute atomic E-state index is 12.1. The van der Waals surface area contributed by atoms with Crippen LogP contribution in [0.4, 0.5) is 0 Å². The number of aldehydes is 1. The molecule has 1 aliphatic carbocycles. The molecule has 0 aliphatic heterocycles. The van der Waals surface area contributed by atoms with Gasteiger partial charge in [-0.15, -0.1) is 0 Å². The number of ketones is 1. The third-order valence-corrected chi connectivity index (χ3v) is 3.90. The van der Waals surface area contributed by atoms with Crippen molar-refractivity contribution in [2.45, 2.75) is 31.7 Å². The van der Waals surface area contributed by atoms with Gasteiger partial charge in [0.25, 0.3) is 11.8 Å². The minimum atomic E-state index is -0.879. The Morgan fingerprint density at radius 1 is 1.32 bits per heavy atom. The van der Waals surface area contributed by atoms with E-state index in [0.29, 0.717) is 12.0 Å². The molecule has 1 fully saturated rings. The zero-order valence-electron chi connectivity index (χ0n) is 12.3. The summed E-state index contributed by atoms with van der Waals surface area (Å²) in [6.45, 7) is 0. The van der Waals surface area contributed by atoms with Gasteiger partial charge < -0.3 is 21.2 Å². The molecule has 1 unspecified atom stereocenters. The van der Waals surface area contributed by atoms with Gasteiger partial charge in [0.05, 0.1) is 6.04 Å². The fraction of sp³-hybridized carbons (Fsp3) is 0.538. The van der Waals surface area contributed by atoms with E-state index in [1.807, 2.05) is 0 Å². The van der Waals surface area contributed by atoms with E-state index < -0.39 is 23.6 Å². The number of nitrogens with two attached hydrogens (primary N) is 2. The molecule has 1 atom stereocenters. The van der Waals surface area contributed by atoms with Crippen LogP contribution >= 0.6 is 11.9 Å². The molecule has 0 bridgehead atoms. The number of carbonyl (C=O) groups is 4. The molecule has 1 aliphatic rings. The van der Waals surface area contributed by atoms with Crippen LogP contribution in [-0.2, 0) is 19.2 Å². The second-order valence-corrected chi connectivity index (χ2v) is 5.58. The first-order valence-electron chi connectivity index (χ1n) is 6.82. The monoisotopic (exact) mass is 328 g/mol. The SMILES string of the molecule is CNC(=O)C(=O)CCC(C=O)NC(=O)/C(SN)=C(/N)C1CC1. The summed E-state index contributed by atoms with van der Waals surface area (Å²) in [5, 5.41) is 10.1. The number of nitrogens with one attached hydrogen (secondary N) is 2. The van der Waals surface area contributed by atoms with Gasteiger partial charge in [0.2, 0.25) is 5.78 Å². The summed E-state index contributed by atoms with van der Waals surface area (Å²) in [7, 11) is 1.34. The molecular weight excluding hydrogens is 308 g/mol. The van der Waals surface area contributed by atoms with E-state index in [-0.39, 0.29) is 23.7 Å². The molecule has 22 heavy (non-hydrogen) atoms. The fourth-order valence-corrected chi connectivity index (χ4v) is 2.25. The van der Waals surface area contributed by atoms with Gasteiger partial charge in [0.15, 0.2) is 0 Å². The van der Waals surface area contributed by atoms with Crippen LogP contribution in [-0.4, -0.2) is 37.0 Å². The summed E-state index contributed by atoms with van der Waals surface area (Å²) >= 11 is 0.735. The minimum Gasteiger partial charge on any atom is -0.401 e. The van der Waals surface area contributed by atoms with Crippen molar-refractivity contribution >= 4 is 35.8 Å². The van der Waals surface area contributed by atoms with Crippen molar-refractivity contribution in [1.82, 2.24) is 10.6 Å². The molecule has 0 spiro atoms. The second kappa shape index (κ2) is 8.54. The maximum Gasteiger partial charge on any atom is 0.287 e. The first-order chi connectivity index (χ1) is 10.4. The Hall–Kier alpha value is -1.87. The second-order valence-electron chi connectivity index (χ2n) is 4.93. The number of Topliss-reactive ketones (excluding diaryl/α,β-unsaturated/α-hetero) is 1. The first-order valence-corrected chi connectivity index (χ1v) is 7.70. The highest BCUT2D eigenvalue weighted by Crippen LogP contribution is 2.36. The lowest BCUT2D eigenvalue weighted by Gasteiger charge is -2.14. The quantitative estimate of drug-likeness (QED) is 0.183. The average molecular weight is 328 g/mol. The van der Waals surface area contributed by atoms with E-state index in [2.05, 4.69) is 10.6 Å². The third kappa shape index (κ3) is 5.15. The lowest BCUT2D eigenvalue weighted by molar-refractivity contribution is -0.137. The molecule has 0 radical (unpaired) electrons. The maximum atomic E-state index is 12.1. The van der Waals surface area contributed by atoms with Crippen molar-refractivity contribution in [1.29, 1.82) is 0 Å². The molecule has 0 aromatic rings. The van der Waals surface area contributed by atoms with E-state index in [4.69, 9.17) is 10.9 Å². The zero-order valence-corrected chi connectivity index (χ0v) is 13.1. The highest BCUT2D eigenvalue weighted by atomic mass is 32.2. The highest BCUT2D eigenvalue weighted by Gasteiger charge is 2.29. The van der Waals surface area contributed by atoms with Crippen molar-refractivity contribution in [3.63, 3.8) is 0 Å². The molecule has 0 saturated heterocycles. The standard InChI is InChI=1S/C13H20N4O4S/c1-16-12(20)9(19)5-4-8(6-18)17-13(21)11(22-15)10(14)7-2-3-7/h6-8H,2-5,14-15H2,1H3,(H,16,20)(H,17,21)/b11-10-. The van der Waals surface area contributed by atoms with Crippen molar-refractivity contribution < 1.29 is 19.2 Å². The summed E-state index contributed by atoms with van der Waals surface area (Å²) in [5.74, 6) is -1.75. The zero-order chi connectivity index (χ0) is 16.7.